The van der Waals surface area contributed by atoms with Gasteiger partial charge < -0.3 is 10.6 Å². The van der Waals surface area contributed by atoms with Gasteiger partial charge in [-0.3, -0.25) is 9.59 Å². The van der Waals surface area contributed by atoms with Gasteiger partial charge in [-0.15, -0.1) is 0 Å². The van der Waals surface area contributed by atoms with Gasteiger partial charge in [0.15, 0.2) is 0 Å². The molecular formula is C18H19IN2O2. The van der Waals surface area contributed by atoms with E-state index in [1.54, 1.807) is 36.4 Å². The summed E-state index contributed by atoms with van der Waals surface area (Å²) in [7, 11) is 0. The molecule has 0 saturated heterocycles. The SMILES string of the molecule is CC(C)CNC(=O)c1ccccc1NC(=O)c1cccc(I)c1. The lowest BCUT2D eigenvalue weighted by Crippen LogP contribution is -2.28. The number of benzene rings is 2. The lowest BCUT2D eigenvalue weighted by molar-refractivity contribution is 0.0950. The summed E-state index contributed by atoms with van der Waals surface area (Å²) in [5, 5.41) is 5.69. The predicted molar refractivity (Wildman–Crippen MR) is 101 cm³/mol. The van der Waals surface area contributed by atoms with Crippen LogP contribution in [0.4, 0.5) is 5.69 Å². The van der Waals surface area contributed by atoms with Crippen molar-refractivity contribution in [1.29, 1.82) is 0 Å². The monoisotopic (exact) mass is 422 g/mol. The molecule has 120 valence electrons. The van der Waals surface area contributed by atoms with Crippen LogP contribution in [-0.2, 0) is 0 Å². The summed E-state index contributed by atoms with van der Waals surface area (Å²) in [6.45, 7) is 4.66. The van der Waals surface area contributed by atoms with Crippen LogP contribution in [0.25, 0.3) is 0 Å². The first-order chi connectivity index (χ1) is 11.0. The molecule has 4 nitrogen and oxygen atoms in total. The number of anilines is 1. The molecule has 2 amide bonds. The topological polar surface area (TPSA) is 58.2 Å². The Bertz CT molecular complexity index is 714. The molecule has 5 heteroatoms. The maximum Gasteiger partial charge on any atom is 0.255 e. The highest BCUT2D eigenvalue weighted by Crippen LogP contribution is 2.17. The maximum absolute atomic E-state index is 12.4. The average Bonchev–Trinajstić information content (AvgIpc) is 2.53. The van der Waals surface area contributed by atoms with E-state index in [2.05, 4.69) is 33.2 Å². The number of carbonyl (C=O) groups is 2. The molecular weight excluding hydrogens is 403 g/mol. The van der Waals surface area contributed by atoms with E-state index in [0.717, 1.165) is 3.57 Å². The standard InChI is InChI=1S/C18H19IN2O2/c1-12(2)11-20-18(23)15-8-3-4-9-16(15)21-17(22)13-6-5-7-14(19)10-13/h3-10,12H,11H2,1-2H3,(H,20,23)(H,21,22). The van der Waals surface area contributed by atoms with Crippen LogP contribution in [0.1, 0.15) is 34.6 Å². The van der Waals surface area contributed by atoms with E-state index >= 15 is 0 Å². The van der Waals surface area contributed by atoms with Crippen molar-refractivity contribution in [2.75, 3.05) is 11.9 Å². The first-order valence-corrected chi connectivity index (χ1v) is 8.49. The molecule has 0 saturated carbocycles. The molecule has 0 fully saturated rings. The van der Waals surface area contributed by atoms with Crippen LogP contribution in [-0.4, -0.2) is 18.4 Å². The van der Waals surface area contributed by atoms with E-state index in [0.29, 0.717) is 29.3 Å². The lowest BCUT2D eigenvalue weighted by atomic mass is 10.1. The van der Waals surface area contributed by atoms with Crippen molar-refractivity contribution in [3.8, 4) is 0 Å². The second-order valence-electron chi connectivity index (χ2n) is 5.61. The third-order valence-electron chi connectivity index (χ3n) is 3.18. The summed E-state index contributed by atoms with van der Waals surface area (Å²) >= 11 is 2.16. The normalized spacial score (nSPS) is 10.4. The number of halogens is 1. The van der Waals surface area contributed by atoms with Crippen molar-refractivity contribution in [1.82, 2.24) is 5.32 Å². The van der Waals surface area contributed by atoms with Gasteiger partial charge in [0.25, 0.3) is 11.8 Å². The molecule has 0 spiro atoms. The van der Waals surface area contributed by atoms with Crippen molar-refractivity contribution in [3.63, 3.8) is 0 Å². The fourth-order valence-corrected chi connectivity index (χ4v) is 2.55. The Morgan fingerprint density at radius 1 is 1.04 bits per heavy atom. The molecule has 0 heterocycles. The smallest absolute Gasteiger partial charge is 0.255 e. The Balaban J connectivity index is 2.17. The van der Waals surface area contributed by atoms with Crippen LogP contribution in [0, 0.1) is 9.49 Å². The van der Waals surface area contributed by atoms with Gasteiger partial charge in [0.2, 0.25) is 0 Å². The van der Waals surface area contributed by atoms with Crippen LogP contribution < -0.4 is 10.6 Å². The fourth-order valence-electron chi connectivity index (χ4n) is 2.01. The molecule has 0 aliphatic heterocycles. The Labute approximate surface area is 149 Å². The van der Waals surface area contributed by atoms with E-state index in [1.807, 2.05) is 26.0 Å². The van der Waals surface area contributed by atoms with Crippen LogP contribution in [0.15, 0.2) is 48.5 Å². The van der Waals surface area contributed by atoms with Gasteiger partial charge in [0.1, 0.15) is 0 Å². The molecule has 0 unspecified atom stereocenters. The minimum atomic E-state index is -0.229. The lowest BCUT2D eigenvalue weighted by Gasteiger charge is -2.12. The first-order valence-electron chi connectivity index (χ1n) is 7.41. The zero-order valence-corrected chi connectivity index (χ0v) is 15.3. The van der Waals surface area contributed by atoms with E-state index in [4.69, 9.17) is 0 Å². The molecule has 0 aromatic heterocycles. The molecule has 0 radical (unpaired) electrons. The molecule has 23 heavy (non-hydrogen) atoms. The molecule has 2 rings (SSSR count). The highest BCUT2D eigenvalue weighted by molar-refractivity contribution is 14.1. The number of nitrogens with one attached hydrogen (secondary N) is 2. The van der Waals surface area contributed by atoms with Gasteiger partial charge in [-0.2, -0.15) is 0 Å². The quantitative estimate of drug-likeness (QED) is 0.718. The second kappa shape index (κ2) is 8.10. The number of rotatable bonds is 5. The summed E-state index contributed by atoms with van der Waals surface area (Å²) in [4.78, 5) is 24.6. The number of carbonyl (C=O) groups excluding carboxylic acids is 2. The van der Waals surface area contributed by atoms with E-state index < -0.39 is 0 Å². The zero-order valence-electron chi connectivity index (χ0n) is 13.1. The average molecular weight is 422 g/mol. The van der Waals surface area contributed by atoms with Crippen LogP contribution in [0.3, 0.4) is 0 Å². The number of hydrogen-bond acceptors (Lipinski definition) is 2. The minimum absolute atomic E-state index is 0.183. The number of amides is 2. The molecule has 0 aliphatic carbocycles. The van der Waals surface area contributed by atoms with Crippen molar-refractivity contribution >= 4 is 40.1 Å². The number of hydrogen-bond donors (Lipinski definition) is 2. The molecule has 2 aromatic carbocycles. The fraction of sp³-hybridized carbons (Fsp3) is 0.222. The van der Waals surface area contributed by atoms with Gasteiger partial charge in [-0.05, 0) is 58.8 Å². The Morgan fingerprint density at radius 3 is 2.48 bits per heavy atom. The summed E-state index contributed by atoms with van der Waals surface area (Å²) in [5.74, 6) is -0.0445. The highest BCUT2D eigenvalue weighted by atomic mass is 127. The zero-order chi connectivity index (χ0) is 16.8. The largest absolute Gasteiger partial charge is 0.352 e. The molecule has 0 atom stereocenters. The number of para-hydroxylation sites is 1. The predicted octanol–water partition coefficient (Wildman–Crippen LogP) is 3.93. The Morgan fingerprint density at radius 2 is 1.78 bits per heavy atom. The Hall–Kier alpha value is -1.89. The summed E-state index contributed by atoms with van der Waals surface area (Å²) < 4.78 is 0.984. The van der Waals surface area contributed by atoms with E-state index in [9.17, 15) is 9.59 Å². The first kappa shape index (κ1) is 17.5. The van der Waals surface area contributed by atoms with Crippen LogP contribution >= 0.6 is 22.6 Å². The second-order valence-corrected chi connectivity index (χ2v) is 6.86. The molecule has 2 aromatic rings. The van der Waals surface area contributed by atoms with Gasteiger partial charge in [0.05, 0.1) is 11.3 Å². The van der Waals surface area contributed by atoms with Crippen LogP contribution in [0.5, 0.6) is 0 Å². The Kier molecular flexibility index (Phi) is 6.15. The molecule has 0 aliphatic rings. The van der Waals surface area contributed by atoms with Gasteiger partial charge in [-0.25, -0.2) is 0 Å². The maximum atomic E-state index is 12.4. The summed E-state index contributed by atoms with van der Waals surface area (Å²) in [6.07, 6.45) is 0. The van der Waals surface area contributed by atoms with Gasteiger partial charge >= 0.3 is 0 Å². The van der Waals surface area contributed by atoms with Gasteiger partial charge in [0, 0.05) is 15.7 Å². The van der Waals surface area contributed by atoms with Crippen molar-refractivity contribution in [2.45, 2.75) is 13.8 Å². The van der Waals surface area contributed by atoms with Crippen molar-refractivity contribution in [3.05, 3.63) is 63.2 Å². The van der Waals surface area contributed by atoms with Crippen molar-refractivity contribution in [2.24, 2.45) is 5.92 Å². The molecule has 0 bridgehead atoms. The third kappa shape index (κ3) is 5.06. The van der Waals surface area contributed by atoms with E-state index in [-0.39, 0.29) is 11.8 Å². The van der Waals surface area contributed by atoms with Crippen molar-refractivity contribution < 1.29 is 9.59 Å². The van der Waals surface area contributed by atoms with Gasteiger partial charge in [-0.1, -0.05) is 32.0 Å². The summed E-state index contributed by atoms with van der Waals surface area (Å²) in [5.41, 5.74) is 1.54. The van der Waals surface area contributed by atoms with E-state index in [1.165, 1.54) is 0 Å². The molecule has 2 N–H and O–H groups in total. The highest BCUT2D eigenvalue weighted by Gasteiger charge is 2.14. The van der Waals surface area contributed by atoms with Crippen LogP contribution in [0.2, 0.25) is 0 Å². The minimum Gasteiger partial charge on any atom is -0.352 e. The third-order valence-corrected chi connectivity index (χ3v) is 3.85. The summed E-state index contributed by atoms with van der Waals surface area (Å²) in [6, 6.07) is 14.3.